The maximum atomic E-state index is 12.1. The number of rotatable bonds is 6. The van der Waals surface area contributed by atoms with Crippen LogP contribution in [0.3, 0.4) is 0 Å². The van der Waals surface area contributed by atoms with Gasteiger partial charge in [0.2, 0.25) is 0 Å². The lowest BCUT2D eigenvalue weighted by atomic mass is 10.1. The van der Waals surface area contributed by atoms with Crippen molar-refractivity contribution >= 4 is 11.6 Å². The number of phenolic OH excluding ortho intramolecular Hbond substituents is 1. The molecule has 5 heteroatoms. The second-order valence-electron chi connectivity index (χ2n) is 5.24. The molecular weight excluding hydrogens is 292 g/mol. The van der Waals surface area contributed by atoms with Crippen LogP contribution in [0.1, 0.15) is 10.4 Å². The summed E-state index contributed by atoms with van der Waals surface area (Å²) in [6.45, 7) is 10.6. The van der Waals surface area contributed by atoms with E-state index in [1.54, 1.807) is 30.4 Å². The number of morpholine rings is 1. The van der Waals surface area contributed by atoms with Crippen LogP contribution >= 0.6 is 0 Å². The van der Waals surface area contributed by atoms with E-state index in [0.717, 1.165) is 24.4 Å². The van der Waals surface area contributed by atoms with E-state index >= 15 is 0 Å². The number of hydrogen-bond acceptors (Lipinski definition) is 4. The number of aromatic hydroxyl groups is 1. The first-order valence-corrected chi connectivity index (χ1v) is 7.52. The molecule has 1 heterocycles. The van der Waals surface area contributed by atoms with Gasteiger partial charge in [-0.25, -0.2) is 0 Å². The van der Waals surface area contributed by atoms with Crippen LogP contribution in [0.15, 0.2) is 55.2 Å². The number of nitrogens with one attached hydrogen (secondary N) is 1. The number of hydrogen-bond donors (Lipinski definition) is 2. The van der Waals surface area contributed by atoms with Crippen molar-refractivity contribution in [2.24, 2.45) is 0 Å². The predicted octanol–water partition coefficient (Wildman–Crippen LogP) is 2.26. The first-order chi connectivity index (χ1) is 11.1. The Bertz CT molecular complexity index is 617. The molecule has 5 nitrogen and oxygen atoms in total. The highest BCUT2D eigenvalue weighted by Crippen LogP contribution is 2.25. The number of carbonyl (C=O) groups excluding carboxylic acids is 1. The summed E-state index contributed by atoms with van der Waals surface area (Å²) in [5.41, 5.74) is 1.89. The van der Waals surface area contributed by atoms with Gasteiger partial charge in [0.1, 0.15) is 5.75 Å². The molecule has 1 amide bonds. The topological polar surface area (TPSA) is 61.8 Å². The van der Waals surface area contributed by atoms with Gasteiger partial charge in [0, 0.05) is 31.4 Å². The Labute approximate surface area is 136 Å². The zero-order valence-corrected chi connectivity index (χ0v) is 13.1. The molecule has 23 heavy (non-hydrogen) atoms. The summed E-state index contributed by atoms with van der Waals surface area (Å²) < 4.78 is 5.31. The summed E-state index contributed by atoms with van der Waals surface area (Å²) in [4.78, 5) is 14.3. The number of anilines is 1. The zero-order chi connectivity index (χ0) is 16.7. The van der Waals surface area contributed by atoms with E-state index in [1.165, 1.54) is 0 Å². The lowest BCUT2D eigenvalue weighted by molar-refractivity contribution is 0.0954. The molecule has 0 spiro atoms. The molecule has 0 saturated carbocycles. The van der Waals surface area contributed by atoms with Gasteiger partial charge in [0.05, 0.1) is 18.8 Å². The lowest BCUT2D eigenvalue weighted by Crippen LogP contribution is -2.36. The van der Waals surface area contributed by atoms with Crippen LogP contribution in [0.5, 0.6) is 5.75 Å². The highest BCUT2D eigenvalue weighted by Gasteiger charge is 2.15. The van der Waals surface area contributed by atoms with Crippen molar-refractivity contribution < 1.29 is 14.6 Å². The quantitative estimate of drug-likeness (QED) is 0.791. The molecule has 0 radical (unpaired) electrons. The molecule has 0 unspecified atom stereocenters. The van der Waals surface area contributed by atoms with Gasteiger partial charge in [-0.05, 0) is 17.7 Å². The third-order valence-electron chi connectivity index (χ3n) is 3.55. The third-order valence-corrected chi connectivity index (χ3v) is 3.55. The number of carbonyl (C=O) groups is 1. The Hall–Kier alpha value is -2.53. The normalized spacial score (nSPS) is 14.7. The van der Waals surface area contributed by atoms with Crippen molar-refractivity contribution in [1.29, 1.82) is 0 Å². The second-order valence-corrected chi connectivity index (χ2v) is 5.24. The smallest absolute Gasteiger partial charge is 0.255 e. The molecule has 0 bridgehead atoms. The second kappa shape index (κ2) is 8.19. The third kappa shape index (κ3) is 4.72. The van der Waals surface area contributed by atoms with Crippen LogP contribution in [0.25, 0.3) is 0 Å². The number of phenols is 1. The SMILES string of the molecule is C=C/C=C\C(=C)CNC(=O)c1ccc(N2CCOCC2)cc1O. The van der Waals surface area contributed by atoms with E-state index in [-0.39, 0.29) is 17.2 Å². The van der Waals surface area contributed by atoms with Gasteiger partial charge in [-0.1, -0.05) is 31.4 Å². The number of nitrogens with zero attached hydrogens (tertiary/aromatic N) is 1. The largest absolute Gasteiger partial charge is 0.507 e. The molecule has 1 saturated heterocycles. The molecule has 2 rings (SSSR count). The summed E-state index contributed by atoms with van der Waals surface area (Å²) in [5, 5.41) is 12.9. The Morgan fingerprint density at radius 3 is 2.78 bits per heavy atom. The summed E-state index contributed by atoms with van der Waals surface area (Å²) in [6.07, 6.45) is 5.17. The zero-order valence-electron chi connectivity index (χ0n) is 13.1. The van der Waals surface area contributed by atoms with E-state index < -0.39 is 0 Å². The fourth-order valence-corrected chi connectivity index (χ4v) is 2.28. The van der Waals surface area contributed by atoms with E-state index in [9.17, 15) is 9.90 Å². The molecule has 122 valence electrons. The van der Waals surface area contributed by atoms with Crippen molar-refractivity contribution in [1.82, 2.24) is 5.32 Å². The number of allylic oxidation sites excluding steroid dienone is 2. The van der Waals surface area contributed by atoms with Gasteiger partial charge < -0.3 is 20.1 Å². The van der Waals surface area contributed by atoms with E-state index in [4.69, 9.17) is 4.74 Å². The molecule has 0 aromatic heterocycles. The van der Waals surface area contributed by atoms with Gasteiger partial charge in [0.15, 0.2) is 0 Å². The van der Waals surface area contributed by atoms with Crippen LogP contribution < -0.4 is 10.2 Å². The van der Waals surface area contributed by atoms with Crippen LogP contribution in [-0.4, -0.2) is 43.9 Å². The summed E-state index contributed by atoms with van der Waals surface area (Å²) in [7, 11) is 0. The molecule has 1 fully saturated rings. The van der Waals surface area contributed by atoms with Gasteiger partial charge in [-0.15, -0.1) is 0 Å². The molecule has 0 atom stereocenters. The highest BCUT2D eigenvalue weighted by molar-refractivity contribution is 5.97. The van der Waals surface area contributed by atoms with Crippen molar-refractivity contribution in [3.63, 3.8) is 0 Å². The molecule has 1 aliphatic heterocycles. The standard InChI is InChI=1S/C18H22N2O3/c1-3-4-5-14(2)13-19-18(22)16-7-6-15(12-17(16)21)20-8-10-23-11-9-20/h3-7,12,21H,1-2,8-11,13H2,(H,19,22)/b5-4-. The average Bonchev–Trinajstić information content (AvgIpc) is 2.58. The van der Waals surface area contributed by atoms with E-state index in [0.29, 0.717) is 19.8 Å². The van der Waals surface area contributed by atoms with Crippen LogP contribution in [0.2, 0.25) is 0 Å². The van der Waals surface area contributed by atoms with Crippen molar-refractivity contribution in [2.45, 2.75) is 0 Å². The monoisotopic (exact) mass is 314 g/mol. The summed E-state index contributed by atoms with van der Waals surface area (Å²) >= 11 is 0. The molecular formula is C18H22N2O3. The first-order valence-electron chi connectivity index (χ1n) is 7.52. The maximum absolute atomic E-state index is 12.1. The molecule has 1 aliphatic rings. The number of ether oxygens (including phenoxy) is 1. The predicted molar refractivity (Wildman–Crippen MR) is 91.9 cm³/mol. The highest BCUT2D eigenvalue weighted by atomic mass is 16.5. The fraction of sp³-hybridized carbons (Fsp3) is 0.278. The van der Waals surface area contributed by atoms with Crippen LogP contribution in [0, 0.1) is 0 Å². The van der Waals surface area contributed by atoms with Crippen LogP contribution in [0.4, 0.5) is 5.69 Å². The van der Waals surface area contributed by atoms with Crippen molar-refractivity contribution in [3.05, 3.63) is 60.7 Å². The minimum Gasteiger partial charge on any atom is -0.507 e. The van der Waals surface area contributed by atoms with E-state index in [1.807, 2.05) is 6.07 Å². The van der Waals surface area contributed by atoms with Gasteiger partial charge >= 0.3 is 0 Å². The number of amides is 1. The lowest BCUT2D eigenvalue weighted by Gasteiger charge is -2.29. The molecule has 2 N–H and O–H groups in total. The first kappa shape index (κ1) is 16.8. The van der Waals surface area contributed by atoms with Crippen molar-refractivity contribution in [3.8, 4) is 5.75 Å². The Kier molecular flexibility index (Phi) is 6.00. The van der Waals surface area contributed by atoms with Crippen molar-refractivity contribution in [2.75, 3.05) is 37.7 Å². The maximum Gasteiger partial charge on any atom is 0.255 e. The Morgan fingerprint density at radius 1 is 1.39 bits per heavy atom. The fourth-order valence-electron chi connectivity index (χ4n) is 2.28. The van der Waals surface area contributed by atoms with Gasteiger partial charge in [-0.3, -0.25) is 4.79 Å². The molecule has 1 aromatic rings. The Balaban J connectivity index is 1.99. The Morgan fingerprint density at radius 2 is 2.13 bits per heavy atom. The van der Waals surface area contributed by atoms with Crippen LogP contribution in [-0.2, 0) is 4.74 Å². The minimum atomic E-state index is -0.329. The van der Waals surface area contributed by atoms with Gasteiger partial charge in [-0.2, -0.15) is 0 Å². The van der Waals surface area contributed by atoms with Gasteiger partial charge in [0.25, 0.3) is 5.91 Å². The summed E-state index contributed by atoms with van der Waals surface area (Å²) in [6, 6.07) is 5.09. The number of benzene rings is 1. The van der Waals surface area contributed by atoms with E-state index in [2.05, 4.69) is 23.4 Å². The average molecular weight is 314 g/mol. The molecule has 1 aromatic carbocycles. The molecule has 0 aliphatic carbocycles. The summed E-state index contributed by atoms with van der Waals surface area (Å²) in [5.74, 6) is -0.358. The minimum absolute atomic E-state index is 0.0289.